The first-order valence-corrected chi connectivity index (χ1v) is 10.1. The Labute approximate surface area is 167 Å². The number of anilines is 1. The van der Waals surface area contributed by atoms with Gasteiger partial charge in [0.2, 0.25) is 5.91 Å². The maximum absolute atomic E-state index is 12.9. The van der Waals surface area contributed by atoms with E-state index >= 15 is 0 Å². The molecule has 0 saturated carbocycles. The van der Waals surface area contributed by atoms with E-state index < -0.39 is 0 Å². The van der Waals surface area contributed by atoms with E-state index in [4.69, 9.17) is 0 Å². The van der Waals surface area contributed by atoms with E-state index in [1.165, 1.54) is 0 Å². The summed E-state index contributed by atoms with van der Waals surface area (Å²) < 4.78 is 1.11. The van der Waals surface area contributed by atoms with Gasteiger partial charge in [0.05, 0.1) is 16.3 Å². The lowest BCUT2D eigenvalue weighted by atomic mass is 9.96. The van der Waals surface area contributed by atoms with Gasteiger partial charge in [0.1, 0.15) is 5.01 Å². The molecule has 28 heavy (non-hydrogen) atoms. The molecule has 0 aliphatic carbocycles. The first-order chi connectivity index (χ1) is 13.5. The first-order valence-electron chi connectivity index (χ1n) is 9.28. The Bertz CT molecular complexity index is 999. The fourth-order valence-electron chi connectivity index (χ4n) is 3.41. The number of benzene rings is 2. The second-order valence-corrected chi connectivity index (χ2v) is 8.09. The Morgan fingerprint density at radius 1 is 1.25 bits per heavy atom. The van der Waals surface area contributed by atoms with Crippen molar-refractivity contribution in [1.82, 2.24) is 15.2 Å². The number of thiazole rings is 1. The number of hydrogen-bond donors (Lipinski definition) is 2. The lowest BCUT2D eigenvalue weighted by Crippen LogP contribution is -2.34. The van der Waals surface area contributed by atoms with Crippen LogP contribution < -0.4 is 10.6 Å². The van der Waals surface area contributed by atoms with E-state index in [0.717, 1.165) is 26.5 Å². The van der Waals surface area contributed by atoms with Crippen LogP contribution in [-0.2, 0) is 4.79 Å². The van der Waals surface area contributed by atoms with Crippen LogP contribution in [0.2, 0.25) is 0 Å². The third kappa shape index (κ3) is 3.57. The summed E-state index contributed by atoms with van der Waals surface area (Å²) in [4.78, 5) is 30.8. The number of carbonyl (C=O) groups excluding carboxylic acids is 2. The number of nitrogens with zero attached hydrogens (tertiary/aromatic N) is 2. The Kier molecular flexibility index (Phi) is 5.00. The van der Waals surface area contributed by atoms with Crippen LogP contribution in [0.15, 0.2) is 48.5 Å². The van der Waals surface area contributed by atoms with Crippen molar-refractivity contribution < 1.29 is 9.59 Å². The third-order valence-corrected chi connectivity index (χ3v) is 6.40. The van der Waals surface area contributed by atoms with Gasteiger partial charge in [0.15, 0.2) is 0 Å². The summed E-state index contributed by atoms with van der Waals surface area (Å²) in [7, 11) is 1.77. The number of nitrogens with one attached hydrogen (secondary N) is 2. The van der Waals surface area contributed by atoms with E-state index in [1.807, 2.05) is 55.5 Å². The molecule has 1 fully saturated rings. The molecule has 2 N–H and O–H groups in total. The predicted molar refractivity (Wildman–Crippen MR) is 112 cm³/mol. The zero-order valence-electron chi connectivity index (χ0n) is 15.8. The number of rotatable bonds is 4. The van der Waals surface area contributed by atoms with E-state index in [-0.39, 0.29) is 23.9 Å². The van der Waals surface area contributed by atoms with Gasteiger partial charge in [-0.1, -0.05) is 30.3 Å². The van der Waals surface area contributed by atoms with Gasteiger partial charge >= 0.3 is 6.03 Å². The minimum absolute atomic E-state index is 0.0488. The Morgan fingerprint density at radius 3 is 2.75 bits per heavy atom. The van der Waals surface area contributed by atoms with Crippen LogP contribution in [-0.4, -0.2) is 35.4 Å². The molecule has 0 bridgehead atoms. The summed E-state index contributed by atoms with van der Waals surface area (Å²) >= 11 is 1.60. The highest BCUT2D eigenvalue weighted by atomic mass is 32.1. The number of amides is 3. The Morgan fingerprint density at radius 2 is 2.00 bits per heavy atom. The van der Waals surface area contributed by atoms with Crippen LogP contribution in [0.25, 0.3) is 10.2 Å². The number of para-hydroxylation sites is 2. The maximum Gasteiger partial charge on any atom is 0.322 e. The van der Waals surface area contributed by atoms with Crippen molar-refractivity contribution >= 4 is 39.2 Å². The van der Waals surface area contributed by atoms with Crippen LogP contribution in [0, 0.1) is 0 Å². The lowest BCUT2D eigenvalue weighted by Gasteiger charge is -2.25. The van der Waals surface area contributed by atoms with Crippen LogP contribution in [0.4, 0.5) is 10.5 Å². The van der Waals surface area contributed by atoms with Crippen molar-refractivity contribution in [1.29, 1.82) is 0 Å². The van der Waals surface area contributed by atoms with Crippen molar-refractivity contribution in [3.05, 3.63) is 59.1 Å². The molecule has 2 heterocycles. The van der Waals surface area contributed by atoms with Crippen molar-refractivity contribution in [2.24, 2.45) is 0 Å². The molecule has 1 saturated heterocycles. The van der Waals surface area contributed by atoms with Crippen LogP contribution in [0.1, 0.15) is 35.9 Å². The molecule has 1 aliphatic rings. The molecule has 3 aromatic rings. The number of hydrogen-bond acceptors (Lipinski definition) is 4. The summed E-state index contributed by atoms with van der Waals surface area (Å²) in [5.41, 5.74) is 2.68. The van der Waals surface area contributed by atoms with E-state index in [0.29, 0.717) is 13.0 Å². The summed E-state index contributed by atoms with van der Waals surface area (Å²) in [5, 5.41) is 6.77. The molecule has 2 aromatic carbocycles. The molecule has 7 heteroatoms. The molecule has 6 nitrogen and oxygen atoms in total. The van der Waals surface area contributed by atoms with Gasteiger partial charge in [0, 0.05) is 31.6 Å². The largest absolute Gasteiger partial charge is 0.355 e. The minimum Gasteiger partial charge on any atom is -0.355 e. The number of carbonyl (C=O) groups is 2. The van der Waals surface area contributed by atoms with Crippen LogP contribution in [0.3, 0.4) is 0 Å². The van der Waals surface area contributed by atoms with E-state index in [2.05, 4.69) is 15.6 Å². The summed E-state index contributed by atoms with van der Waals surface area (Å²) in [6.45, 7) is 2.58. The predicted octanol–water partition coefficient (Wildman–Crippen LogP) is 4.12. The summed E-state index contributed by atoms with van der Waals surface area (Å²) in [5.74, 6) is 0.128. The first kappa shape index (κ1) is 18.4. The molecular formula is C21H22N4O2S. The zero-order valence-corrected chi connectivity index (χ0v) is 16.6. The van der Waals surface area contributed by atoms with Gasteiger partial charge in [-0.25, -0.2) is 9.78 Å². The average molecular weight is 395 g/mol. The van der Waals surface area contributed by atoms with E-state index in [1.54, 1.807) is 23.3 Å². The normalized spacial score (nSPS) is 17.4. The molecule has 0 radical (unpaired) electrons. The van der Waals surface area contributed by atoms with Crippen molar-refractivity contribution in [3.63, 3.8) is 0 Å². The Hall–Kier alpha value is -2.93. The van der Waals surface area contributed by atoms with Gasteiger partial charge in [-0.2, -0.15) is 0 Å². The average Bonchev–Trinajstić information content (AvgIpc) is 3.33. The van der Waals surface area contributed by atoms with Gasteiger partial charge in [-0.3, -0.25) is 4.79 Å². The number of aromatic nitrogens is 1. The monoisotopic (exact) mass is 394 g/mol. The van der Waals surface area contributed by atoms with Crippen LogP contribution >= 0.6 is 11.3 Å². The fourth-order valence-corrected chi connectivity index (χ4v) is 4.47. The van der Waals surface area contributed by atoms with Crippen LogP contribution in [0.5, 0.6) is 0 Å². The molecule has 2 atom stereocenters. The molecule has 2 unspecified atom stereocenters. The number of fused-ring (bicyclic) bond motifs is 1. The highest BCUT2D eigenvalue weighted by Crippen LogP contribution is 2.31. The molecule has 3 amide bonds. The van der Waals surface area contributed by atoms with Gasteiger partial charge in [0.25, 0.3) is 0 Å². The standard InChI is InChI=1S/C21H22N4O2S/c1-13(20-23-17-9-5-6-10-18(17)28-20)25(2)21(27)24-16-8-4-3-7-15(16)14-11-19(26)22-12-14/h3-10,13-14H,11-12H2,1-2H3,(H,22,26)(H,24,27). The van der Waals surface area contributed by atoms with Gasteiger partial charge in [-0.15, -0.1) is 11.3 Å². The van der Waals surface area contributed by atoms with Crippen molar-refractivity contribution in [3.8, 4) is 0 Å². The molecule has 1 aliphatic heterocycles. The quantitative estimate of drug-likeness (QED) is 0.699. The lowest BCUT2D eigenvalue weighted by molar-refractivity contribution is -0.119. The second kappa shape index (κ2) is 7.59. The third-order valence-electron chi connectivity index (χ3n) is 5.19. The molecule has 0 spiro atoms. The smallest absolute Gasteiger partial charge is 0.322 e. The second-order valence-electron chi connectivity index (χ2n) is 7.03. The number of urea groups is 1. The SMILES string of the molecule is CC(c1nc2ccccc2s1)N(C)C(=O)Nc1ccccc1C1CNC(=O)C1. The fraction of sp³-hybridized carbons (Fsp3) is 0.286. The van der Waals surface area contributed by atoms with Crippen molar-refractivity contribution in [2.75, 3.05) is 18.9 Å². The van der Waals surface area contributed by atoms with Gasteiger partial charge in [-0.05, 0) is 30.7 Å². The minimum atomic E-state index is -0.198. The molecule has 1 aromatic heterocycles. The highest BCUT2D eigenvalue weighted by Gasteiger charge is 2.26. The van der Waals surface area contributed by atoms with E-state index in [9.17, 15) is 9.59 Å². The summed E-state index contributed by atoms with van der Waals surface area (Å²) in [6, 6.07) is 15.3. The molecular weight excluding hydrogens is 372 g/mol. The Balaban J connectivity index is 1.51. The molecule has 144 valence electrons. The molecule has 4 rings (SSSR count). The highest BCUT2D eigenvalue weighted by molar-refractivity contribution is 7.18. The van der Waals surface area contributed by atoms with Crippen molar-refractivity contribution in [2.45, 2.75) is 25.3 Å². The van der Waals surface area contributed by atoms with Gasteiger partial charge < -0.3 is 15.5 Å². The zero-order chi connectivity index (χ0) is 19.7. The summed E-state index contributed by atoms with van der Waals surface area (Å²) in [6.07, 6.45) is 0.449. The maximum atomic E-state index is 12.9. The topological polar surface area (TPSA) is 74.3 Å².